The van der Waals surface area contributed by atoms with Gasteiger partial charge in [0.25, 0.3) is 5.91 Å². The number of nitrogens with one attached hydrogen (secondary N) is 1. The molecule has 1 fully saturated rings. The summed E-state index contributed by atoms with van der Waals surface area (Å²) in [5, 5.41) is 3.74. The van der Waals surface area contributed by atoms with E-state index in [1.54, 1.807) is 18.3 Å². The molecule has 1 aliphatic carbocycles. The Hall–Kier alpha value is -2.79. The van der Waals surface area contributed by atoms with Gasteiger partial charge in [-0.2, -0.15) is 0 Å². The number of pyridine rings is 1. The number of benzene rings is 1. The minimum Gasteiger partial charge on any atom is -0.474 e. The summed E-state index contributed by atoms with van der Waals surface area (Å²) in [6, 6.07) is 15.3. The van der Waals surface area contributed by atoms with Gasteiger partial charge in [0.05, 0.1) is 5.02 Å². The molecule has 1 aliphatic rings. The maximum absolute atomic E-state index is 12.5. The first-order valence-corrected chi connectivity index (χ1v) is 9.88. The molecule has 0 unspecified atom stereocenters. The average molecular weight is 396 g/mol. The predicted octanol–water partition coefficient (Wildman–Crippen LogP) is 4.65. The topological polar surface area (TPSA) is 56.1 Å². The number of aromatic nitrogens is 2. The third kappa shape index (κ3) is 4.54. The van der Waals surface area contributed by atoms with Crippen molar-refractivity contribution >= 4 is 17.5 Å². The van der Waals surface area contributed by atoms with Crippen LogP contribution < -0.4 is 10.1 Å². The lowest BCUT2D eigenvalue weighted by Crippen LogP contribution is -2.39. The van der Waals surface area contributed by atoms with E-state index in [-0.39, 0.29) is 18.1 Å². The fourth-order valence-corrected chi connectivity index (χ4v) is 3.60. The second-order valence-corrected chi connectivity index (χ2v) is 7.45. The normalized spacial score (nSPS) is 19.2. The Bertz CT molecular complexity index is 900. The Balaban J connectivity index is 1.27. The van der Waals surface area contributed by atoms with Gasteiger partial charge in [0, 0.05) is 41.9 Å². The molecule has 1 aromatic carbocycles. The second kappa shape index (κ2) is 8.48. The molecule has 0 saturated heterocycles. The van der Waals surface area contributed by atoms with Crippen LogP contribution in [0, 0.1) is 0 Å². The van der Waals surface area contributed by atoms with E-state index in [1.807, 2.05) is 53.4 Å². The van der Waals surface area contributed by atoms with Crippen molar-refractivity contribution in [2.45, 2.75) is 37.8 Å². The van der Waals surface area contributed by atoms with Crippen LogP contribution in [0.25, 0.3) is 5.69 Å². The molecule has 0 aliphatic heterocycles. The Morgan fingerprint density at radius 1 is 1.04 bits per heavy atom. The highest BCUT2D eigenvalue weighted by Gasteiger charge is 2.24. The Morgan fingerprint density at radius 3 is 2.39 bits per heavy atom. The summed E-state index contributed by atoms with van der Waals surface area (Å²) >= 11 is 5.85. The Labute approximate surface area is 169 Å². The number of carbonyl (C=O) groups is 1. The van der Waals surface area contributed by atoms with E-state index in [0.29, 0.717) is 16.5 Å². The lowest BCUT2D eigenvalue weighted by molar-refractivity contribution is 0.0890. The summed E-state index contributed by atoms with van der Waals surface area (Å²) in [5.74, 6) is 0.572. The highest BCUT2D eigenvalue weighted by atomic mass is 35.5. The van der Waals surface area contributed by atoms with Crippen LogP contribution >= 0.6 is 11.6 Å². The van der Waals surface area contributed by atoms with Gasteiger partial charge in [-0.05, 0) is 68.1 Å². The number of amides is 1. The molecule has 2 aromatic heterocycles. The van der Waals surface area contributed by atoms with E-state index in [0.717, 1.165) is 31.4 Å². The molecule has 0 spiro atoms. The van der Waals surface area contributed by atoms with Crippen molar-refractivity contribution < 1.29 is 9.53 Å². The number of hydrogen-bond donors (Lipinski definition) is 1. The third-order valence-corrected chi connectivity index (χ3v) is 5.25. The zero-order valence-electron chi connectivity index (χ0n) is 15.4. The first kappa shape index (κ1) is 18.6. The van der Waals surface area contributed by atoms with Crippen molar-refractivity contribution in [3.05, 3.63) is 77.7 Å². The molecule has 0 bridgehead atoms. The van der Waals surface area contributed by atoms with Crippen LogP contribution in [-0.2, 0) is 0 Å². The minimum atomic E-state index is -0.0252. The standard InChI is InChI=1S/C22H22ClN3O2/c23-17-5-12-21(24-15-17)28-20-10-6-18(7-11-20)25-22(27)16-3-8-19(9-4-16)26-13-1-2-14-26/h1-5,8-9,12-15,18,20H,6-7,10-11H2,(H,25,27). The van der Waals surface area contributed by atoms with Crippen molar-refractivity contribution in [2.24, 2.45) is 0 Å². The summed E-state index contributed by atoms with van der Waals surface area (Å²) in [4.78, 5) is 16.7. The van der Waals surface area contributed by atoms with Crippen molar-refractivity contribution in [1.29, 1.82) is 0 Å². The summed E-state index contributed by atoms with van der Waals surface area (Å²) in [7, 11) is 0. The van der Waals surface area contributed by atoms with Crippen LogP contribution in [0.1, 0.15) is 36.0 Å². The molecule has 144 valence electrons. The SMILES string of the molecule is O=C(NC1CCC(Oc2ccc(Cl)cn2)CC1)c1ccc(-n2cccc2)cc1. The van der Waals surface area contributed by atoms with Crippen LogP contribution in [-0.4, -0.2) is 27.6 Å². The van der Waals surface area contributed by atoms with E-state index in [2.05, 4.69) is 10.3 Å². The maximum atomic E-state index is 12.5. The number of hydrogen-bond acceptors (Lipinski definition) is 3. The molecule has 28 heavy (non-hydrogen) atoms. The average Bonchev–Trinajstić information content (AvgIpc) is 3.26. The quantitative estimate of drug-likeness (QED) is 0.684. The zero-order chi connectivity index (χ0) is 19.3. The highest BCUT2D eigenvalue weighted by Crippen LogP contribution is 2.24. The largest absolute Gasteiger partial charge is 0.474 e. The highest BCUT2D eigenvalue weighted by molar-refractivity contribution is 6.30. The molecule has 2 heterocycles. The van der Waals surface area contributed by atoms with Crippen LogP contribution in [0.3, 0.4) is 0 Å². The smallest absolute Gasteiger partial charge is 0.251 e. The molecule has 0 radical (unpaired) electrons. The van der Waals surface area contributed by atoms with E-state index in [1.165, 1.54) is 0 Å². The molecular formula is C22H22ClN3O2. The van der Waals surface area contributed by atoms with Gasteiger partial charge in [-0.1, -0.05) is 11.6 Å². The second-order valence-electron chi connectivity index (χ2n) is 7.02. The minimum absolute atomic E-state index is 0.0252. The number of carbonyl (C=O) groups excluding carboxylic acids is 1. The molecule has 0 atom stereocenters. The van der Waals surface area contributed by atoms with Crippen molar-refractivity contribution in [3.8, 4) is 11.6 Å². The molecule has 1 amide bonds. The van der Waals surface area contributed by atoms with Crippen LogP contribution in [0.15, 0.2) is 67.1 Å². The van der Waals surface area contributed by atoms with Crippen LogP contribution in [0.2, 0.25) is 5.02 Å². The third-order valence-electron chi connectivity index (χ3n) is 5.03. The van der Waals surface area contributed by atoms with Gasteiger partial charge in [-0.3, -0.25) is 4.79 Å². The number of ether oxygens (including phenoxy) is 1. The Morgan fingerprint density at radius 2 is 1.75 bits per heavy atom. The summed E-state index contributed by atoms with van der Waals surface area (Å²) in [6.45, 7) is 0. The molecule has 1 N–H and O–H groups in total. The van der Waals surface area contributed by atoms with Gasteiger partial charge < -0.3 is 14.6 Å². The van der Waals surface area contributed by atoms with Gasteiger partial charge in [-0.15, -0.1) is 0 Å². The van der Waals surface area contributed by atoms with E-state index < -0.39 is 0 Å². The van der Waals surface area contributed by atoms with Gasteiger partial charge >= 0.3 is 0 Å². The van der Waals surface area contributed by atoms with Crippen molar-refractivity contribution in [3.63, 3.8) is 0 Å². The van der Waals surface area contributed by atoms with Gasteiger partial charge in [-0.25, -0.2) is 4.98 Å². The number of halogens is 1. The molecule has 1 saturated carbocycles. The van der Waals surface area contributed by atoms with E-state index in [4.69, 9.17) is 16.3 Å². The Kier molecular flexibility index (Phi) is 5.63. The van der Waals surface area contributed by atoms with Crippen LogP contribution in [0.4, 0.5) is 0 Å². The lowest BCUT2D eigenvalue weighted by Gasteiger charge is -2.29. The first-order chi connectivity index (χ1) is 13.7. The number of rotatable bonds is 5. The summed E-state index contributed by atoms with van der Waals surface area (Å²) in [5.41, 5.74) is 1.72. The van der Waals surface area contributed by atoms with Gasteiger partial charge in [0.1, 0.15) is 6.10 Å². The molecule has 6 heteroatoms. The summed E-state index contributed by atoms with van der Waals surface area (Å²) < 4.78 is 7.92. The monoisotopic (exact) mass is 395 g/mol. The van der Waals surface area contributed by atoms with Gasteiger partial charge in [0.2, 0.25) is 5.88 Å². The molecule has 3 aromatic rings. The molecule has 5 nitrogen and oxygen atoms in total. The van der Waals surface area contributed by atoms with Crippen molar-refractivity contribution in [1.82, 2.24) is 14.9 Å². The predicted molar refractivity (Wildman–Crippen MR) is 109 cm³/mol. The summed E-state index contributed by atoms with van der Waals surface area (Å²) in [6.07, 6.45) is 9.25. The fraction of sp³-hybridized carbons (Fsp3) is 0.273. The molecular weight excluding hydrogens is 374 g/mol. The molecule has 4 rings (SSSR count). The number of nitrogens with zero attached hydrogens (tertiary/aromatic N) is 2. The fourth-order valence-electron chi connectivity index (χ4n) is 3.49. The van der Waals surface area contributed by atoms with Crippen molar-refractivity contribution in [2.75, 3.05) is 0 Å². The van der Waals surface area contributed by atoms with E-state index >= 15 is 0 Å². The van der Waals surface area contributed by atoms with Gasteiger partial charge in [0.15, 0.2) is 0 Å². The van der Waals surface area contributed by atoms with E-state index in [9.17, 15) is 4.79 Å². The lowest BCUT2D eigenvalue weighted by atomic mass is 9.92. The maximum Gasteiger partial charge on any atom is 0.251 e. The van der Waals surface area contributed by atoms with Crippen LogP contribution in [0.5, 0.6) is 5.88 Å². The first-order valence-electron chi connectivity index (χ1n) is 9.50. The zero-order valence-corrected chi connectivity index (χ0v) is 16.2.